The minimum absolute atomic E-state index is 0. The van der Waals surface area contributed by atoms with Crippen LogP contribution in [0.1, 0.15) is 15.9 Å². The van der Waals surface area contributed by atoms with E-state index >= 15 is 0 Å². The number of nitrogens with two attached hydrogens (primary N) is 1. The molecule has 0 fully saturated rings. The Hall–Kier alpha value is -3.40. The van der Waals surface area contributed by atoms with E-state index in [1.807, 2.05) is 19.1 Å². The summed E-state index contributed by atoms with van der Waals surface area (Å²) in [7, 11) is 1.52. The van der Waals surface area contributed by atoms with Crippen molar-refractivity contribution in [2.45, 2.75) is 6.92 Å². The van der Waals surface area contributed by atoms with Crippen molar-refractivity contribution in [3.63, 3.8) is 0 Å². The molecule has 1 amide bonds. The molecule has 9 nitrogen and oxygen atoms in total. The predicted molar refractivity (Wildman–Crippen MR) is 115 cm³/mol. The van der Waals surface area contributed by atoms with Gasteiger partial charge in [-0.15, -0.1) is 12.4 Å². The molecule has 0 spiro atoms. The van der Waals surface area contributed by atoms with E-state index in [0.29, 0.717) is 22.2 Å². The lowest BCUT2D eigenvalue weighted by Crippen LogP contribution is -2.36. The second kappa shape index (κ2) is 10.2. The van der Waals surface area contributed by atoms with Gasteiger partial charge in [-0.3, -0.25) is 24.9 Å². The first-order valence-electron chi connectivity index (χ1n) is 7.87. The highest BCUT2D eigenvalue weighted by atomic mass is 35.5. The van der Waals surface area contributed by atoms with E-state index in [2.05, 4.69) is 5.32 Å². The van der Waals surface area contributed by atoms with Crippen LogP contribution >= 0.6 is 12.4 Å². The van der Waals surface area contributed by atoms with Gasteiger partial charge in [-0.2, -0.15) is 0 Å². The Morgan fingerprint density at radius 3 is 2.34 bits per heavy atom. The molecule has 0 aliphatic rings. The number of guanidine groups is 1. The van der Waals surface area contributed by atoms with E-state index < -0.39 is 11.9 Å². The number of pyridine rings is 1. The van der Waals surface area contributed by atoms with Crippen LogP contribution in [-0.2, 0) is 0 Å². The first kappa shape index (κ1) is 25.6. The van der Waals surface area contributed by atoms with Gasteiger partial charge < -0.3 is 21.4 Å². The number of fused-ring (bicyclic) bond motifs is 1. The number of methoxy groups -OCH3 is 1. The predicted octanol–water partition coefficient (Wildman–Crippen LogP) is 0.703. The van der Waals surface area contributed by atoms with Crippen LogP contribution < -0.4 is 21.3 Å². The van der Waals surface area contributed by atoms with Gasteiger partial charge in [-0.1, -0.05) is 24.3 Å². The van der Waals surface area contributed by atoms with Crippen molar-refractivity contribution in [2.75, 3.05) is 7.11 Å². The number of aryl methyl sites for hydroxylation is 1. The van der Waals surface area contributed by atoms with Crippen molar-refractivity contribution in [3.05, 3.63) is 70.1 Å². The van der Waals surface area contributed by atoms with Crippen LogP contribution in [0.5, 0.6) is 5.75 Å². The number of nitrogens with one attached hydrogen (secondary N) is 2. The lowest BCUT2D eigenvalue weighted by atomic mass is 10.1. The smallest absolute Gasteiger partial charge is 0.263 e. The lowest BCUT2D eigenvalue weighted by Gasteiger charge is -2.15. The second-order valence-electron chi connectivity index (χ2n) is 5.81. The molecule has 0 aliphatic heterocycles. The van der Waals surface area contributed by atoms with Crippen molar-refractivity contribution in [1.29, 1.82) is 5.41 Å². The maximum Gasteiger partial charge on any atom is 0.263 e. The first-order chi connectivity index (χ1) is 12.4. The molecule has 156 valence electrons. The zero-order chi connectivity index (χ0) is 18.8. The third-order valence-electron chi connectivity index (χ3n) is 4.01. The van der Waals surface area contributed by atoms with Crippen molar-refractivity contribution in [3.8, 4) is 11.4 Å². The fraction of sp³-hybridized carbons (Fsp3) is 0.105. The third-order valence-corrected chi connectivity index (χ3v) is 4.01. The average molecular weight is 423 g/mol. The van der Waals surface area contributed by atoms with Crippen molar-refractivity contribution in [1.82, 2.24) is 9.88 Å². The zero-order valence-electron chi connectivity index (χ0n) is 15.8. The largest absolute Gasteiger partial charge is 0.495 e. The van der Waals surface area contributed by atoms with Crippen LogP contribution in [0.15, 0.2) is 53.5 Å². The normalized spacial score (nSPS) is 9.45. The van der Waals surface area contributed by atoms with Gasteiger partial charge in [0.1, 0.15) is 5.75 Å². The number of benzene rings is 2. The number of carbonyl (C=O) groups is 1. The summed E-state index contributed by atoms with van der Waals surface area (Å²) < 4.78 is 6.77. The summed E-state index contributed by atoms with van der Waals surface area (Å²) >= 11 is 0. The van der Waals surface area contributed by atoms with Crippen LogP contribution in [-0.4, -0.2) is 34.5 Å². The monoisotopic (exact) mass is 422 g/mol. The van der Waals surface area contributed by atoms with Gasteiger partial charge in [0, 0.05) is 17.0 Å². The maximum absolute atomic E-state index is 13.0. The van der Waals surface area contributed by atoms with Gasteiger partial charge in [0.05, 0.1) is 18.4 Å². The molecular formula is C19H23ClN4O5. The Bertz CT molecular complexity index is 1100. The van der Waals surface area contributed by atoms with E-state index in [0.717, 1.165) is 5.56 Å². The summed E-state index contributed by atoms with van der Waals surface area (Å²) in [6, 6.07) is 12.2. The van der Waals surface area contributed by atoms with Gasteiger partial charge in [-0.25, -0.2) is 0 Å². The number of carbonyl (C=O) groups excluding carboxylic acids is 1. The molecule has 8 N–H and O–H groups in total. The number of nitrogens with zero attached hydrogens (tertiary/aromatic N) is 1. The topological polar surface area (TPSA) is 173 Å². The van der Waals surface area contributed by atoms with Crippen molar-refractivity contribution >= 4 is 35.0 Å². The number of ether oxygens (including phenoxy) is 1. The van der Waals surface area contributed by atoms with Crippen LogP contribution in [0, 0.1) is 12.3 Å². The molecule has 0 unspecified atom stereocenters. The molecule has 3 aromatic rings. The van der Waals surface area contributed by atoms with Crippen LogP contribution in [0.4, 0.5) is 0 Å². The SMILES string of the molecule is COc1cc(C)ccc1-n1cc(C(=O)NC(=N)N)c2ccccc2c1=O.Cl.O.O. The summed E-state index contributed by atoms with van der Waals surface area (Å²) in [6.45, 7) is 1.92. The number of amides is 1. The molecule has 0 saturated heterocycles. The number of halogens is 1. The van der Waals surface area contributed by atoms with E-state index in [9.17, 15) is 9.59 Å². The molecule has 29 heavy (non-hydrogen) atoms. The Balaban J connectivity index is 0.00000261. The van der Waals surface area contributed by atoms with Crippen LogP contribution in [0.3, 0.4) is 0 Å². The number of hydrogen-bond donors (Lipinski definition) is 3. The average Bonchev–Trinajstić information content (AvgIpc) is 2.62. The fourth-order valence-electron chi connectivity index (χ4n) is 2.82. The molecule has 3 rings (SSSR count). The van der Waals surface area contributed by atoms with Gasteiger partial charge >= 0.3 is 0 Å². The van der Waals surface area contributed by atoms with Crippen molar-refractivity contribution in [2.24, 2.45) is 5.73 Å². The highest BCUT2D eigenvalue weighted by Crippen LogP contribution is 2.25. The molecule has 2 aromatic carbocycles. The molecule has 1 aromatic heterocycles. The van der Waals surface area contributed by atoms with Crippen molar-refractivity contribution < 1.29 is 20.5 Å². The minimum Gasteiger partial charge on any atom is -0.495 e. The fourth-order valence-corrected chi connectivity index (χ4v) is 2.82. The van der Waals surface area contributed by atoms with E-state index in [-0.39, 0.29) is 34.5 Å². The van der Waals surface area contributed by atoms with Gasteiger partial charge in [0.2, 0.25) is 0 Å². The number of aromatic nitrogens is 1. The third kappa shape index (κ3) is 4.91. The first-order valence-corrected chi connectivity index (χ1v) is 7.87. The molecule has 1 heterocycles. The summed E-state index contributed by atoms with van der Waals surface area (Å²) in [6.07, 6.45) is 1.44. The Labute approximate surface area is 172 Å². The van der Waals surface area contributed by atoms with Gasteiger partial charge in [-0.05, 0) is 30.7 Å². The highest BCUT2D eigenvalue weighted by Gasteiger charge is 2.17. The van der Waals surface area contributed by atoms with Gasteiger partial charge in [0.25, 0.3) is 11.5 Å². The van der Waals surface area contributed by atoms with E-state index in [4.69, 9.17) is 15.9 Å². The molecule has 10 heteroatoms. The standard InChI is InChI=1S/C19H18N4O3.ClH.2H2O/c1-11-7-8-15(16(9-11)26-2)23-10-14(17(24)22-19(20)21)12-5-3-4-6-13(12)18(23)25;;;/h3-10H,1-2H3,(H4,20,21,22,24);1H;2*1H2. The molecule has 0 radical (unpaired) electrons. The molecule has 0 aliphatic carbocycles. The number of rotatable bonds is 3. The summed E-state index contributed by atoms with van der Waals surface area (Å²) in [5, 5.41) is 10.4. The van der Waals surface area contributed by atoms with Crippen LogP contribution in [0.25, 0.3) is 16.5 Å². The summed E-state index contributed by atoms with van der Waals surface area (Å²) in [5.74, 6) is -0.515. The zero-order valence-corrected chi connectivity index (χ0v) is 16.6. The van der Waals surface area contributed by atoms with E-state index in [1.54, 1.807) is 30.3 Å². The summed E-state index contributed by atoms with van der Waals surface area (Å²) in [4.78, 5) is 25.5. The Morgan fingerprint density at radius 1 is 1.14 bits per heavy atom. The van der Waals surface area contributed by atoms with Gasteiger partial charge in [0.15, 0.2) is 5.96 Å². The van der Waals surface area contributed by atoms with Crippen LogP contribution in [0.2, 0.25) is 0 Å². The molecule has 0 bridgehead atoms. The Morgan fingerprint density at radius 2 is 1.76 bits per heavy atom. The maximum atomic E-state index is 13.0. The summed E-state index contributed by atoms with van der Waals surface area (Å²) in [5.41, 5.74) is 6.74. The minimum atomic E-state index is -0.562. The highest BCUT2D eigenvalue weighted by molar-refractivity contribution is 6.11. The molecular weight excluding hydrogens is 400 g/mol. The second-order valence-corrected chi connectivity index (χ2v) is 5.81. The molecule has 0 saturated carbocycles. The quantitative estimate of drug-likeness (QED) is 0.416. The molecule has 0 atom stereocenters. The van der Waals surface area contributed by atoms with E-state index in [1.165, 1.54) is 17.9 Å². The Kier molecular flexibility index (Phi) is 9.03. The number of hydrogen-bond acceptors (Lipinski definition) is 4. The lowest BCUT2D eigenvalue weighted by molar-refractivity contribution is 0.0977.